The number of likely N-dealkylation sites (tertiary alicyclic amines) is 1. The van der Waals surface area contributed by atoms with E-state index < -0.39 is 5.60 Å². The lowest BCUT2D eigenvalue weighted by molar-refractivity contribution is -0.121. The van der Waals surface area contributed by atoms with Gasteiger partial charge in [-0.25, -0.2) is 24.4 Å². The number of hydrogen-bond donors (Lipinski definition) is 0. The summed E-state index contributed by atoms with van der Waals surface area (Å²) in [5.41, 5.74) is 3.21. The van der Waals surface area contributed by atoms with Crippen molar-refractivity contribution in [3.8, 4) is 22.9 Å². The third kappa shape index (κ3) is 7.22. The number of hydrogen-bond acceptors (Lipinski definition) is 10. The standard InChI is InChI=1S/C36H41ClN8O5/c1-21(2)11-27-25(13-38)33(22-7-8-29-30(12-22)49-20-32(46)44(29)18-31-39-14-24(37)15-40-31)26-16-41-45(34(26)42-27)28-9-10-43(17-23(28)19-48-6)35(47)50-36(3,4)5/h7-8,12,14-16,21,23,28H,9-11,17-20H2,1-6H3. The number of carbonyl (C=O) groups excluding carboxylic acids is 2. The number of piperidine rings is 1. The molecule has 2 unspecified atom stereocenters. The van der Waals surface area contributed by atoms with Crippen LogP contribution in [0.25, 0.3) is 22.2 Å². The van der Waals surface area contributed by atoms with Crippen LogP contribution in [0.15, 0.2) is 36.8 Å². The van der Waals surface area contributed by atoms with Gasteiger partial charge in [0.05, 0.1) is 47.4 Å². The maximum Gasteiger partial charge on any atom is 0.410 e. The Morgan fingerprint density at radius 1 is 1.20 bits per heavy atom. The Balaban J connectivity index is 1.41. The normalized spacial score (nSPS) is 17.9. The van der Waals surface area contributed by atoms with E-state index in [0.29, 0.717) is 77.3 Å². The number of methoxy groups -OCH3 is 1. The molecule has 1 saturated heterocycles. The van der Waals surface area contributed by atoms with Crippen molar-refractivity contribution in [3.05, 3.63) is 58.9 Å². The van der Waals surface area contributed by atoms with E-state index in [0.717, 1.165) is 10.9 Å². The molecule has 2 aliphatic rings. The molecular formula is C36H41ClN8O5. The molecule has 0 N–H and O–H groups in total. The molecule has 4 aromatic rings. The van der Waals surface area contributed by atoms with Crippen molar-refractivity contribution in [2.24, 2.45) is 11.8 Å². The highest BCUT2D eigenvalue weighted by atomic mass is 35.5. The minimum atomic E-state index is -0.602. The molecule has 3 aromatic heterocycles. The highest BCUT2D eigenvalue weighted by molar-refractivity contribution is 6.30. The van der Waals surface area contributed by atoms with Crippen molar-refractivity contribution < 1.29 is 23.8 Å². The van der Waals surface area contributed by atoms with Gasteiger partial charge in [-0.1, -0.05) is 31.5 Å². The Labute approximate surface area is 296 Å². The van der Waals surface area contributed by atoms with Crippen LogP contribution >= 0.6 is 11.6 Å². The van der Waals surface area contributed by atoms with Gasteiger partial charge in [0.2, 0.25) is 0 Å². The van der Waals surface area contributed by atoms with E-state index in [2.05, 4.69) is 29.9 Å². The van der Waals surface area contributed by atoms with Crippen LogP contribution in [0.2, 0.25) is 5.02 Å². The number of fused-ring (bicyclic) bond motifs is 2. The first-order chi connectivity index (χ1) is 23.9. The van der Waals surface area contributed by atoms with Crippen LogP contribution in [0, 0.1) is 23.2 Å². The van der Waals surface area contributed by atoms with Crippen LogP contribution in [-0.2, 0) is 27.2 Å². The number of halogens is 1. The zero-order valence-corrected chi connectivity index (χ0v) is 29.9. The summed E-state index contributed by atoms with van der Waals surface area (Å²) < 4.78 is 19.2. The van der Waals surface area contributed by atoms with Gasteiger partial charge in [0.25, 0.3) is 5.91 Å². The molecule has 262 valence electrons. The molecule has 50 heavy (non-hydrogen) atoms. The summed E-state index contributed by atoms with van der Waals surface area (Å²) in [6.07, 6.45) is 5.60. The molecule has 1 fully saturated rings. The van der Waals surface area contributed by atoms with Crippen molar-refractivity contribution in [2.75, 3.05) is 38.3 Å². The van der Waals surface area contributed by atoms with Crippen molar-refractivity contribution in [1.29, 1.82) is 5.26 Å². The molecule has 0 bridgehead atoms. The average molecular weight is 701 g/mol. The van der Waals surface area contributed by atoms with E-state index in [1.807, 2.05) is 43.7 Å². The SMILES string of the molecule is COCC1CN(C(=O)OC(C)(C)C)CCC1n1ncc2c(-c3ccc4c(c3)OCC(=O)N4Cc3ncc(Cl)cn3)c(C#N)c(CC(C)C)nc21. The van der Waals surface area contributed by atoms with Crippen molar-refractivity contribution >= 4 is 40.3 Å². The Kier molecular flexibility index (Phi) is 9.96. The van der Waals surface area contributed by atoms with Crippen molar-refractivity contribution in [3.63, 3.8) is 0 Å². The first-order valence-corrected chi connectivity index (χ1v) is 17.1. The van der Waals surface area contributed by atoms with Gasteiger partial charge in [-0.2, -0.15) is 10.4 Å². The van der Waals surface area contributed by atoms with E-state index >= 15 is 0 Å². The smallest absolute Gasteiger partial charge is 0.410 e. The van der Waals surface area contributed by atoms with E-state index in [9.17, 15) is 14.9 Å². The molecule has 0 spiro atoms. The second kappa shape index (κ2) is 14.2. The topological polar surface area (TPSA) is 149 Å². The molecule has 2 aliphatic heterocycles. The molecule has 5 heterocycles. The monoisotopic (exact) mass is 700 g/mol. The summed E-state index contributed by atoms with van der Waals surface area (Å²) in [4.78, 5) is 42.9. The number of ether oxygens (including phenoxy) is 3. The quantitative estimate of drug-likeness (QED) is 0.215. The largest absolute Gasteiger partial charge is 0.482 e. The number of amides is 2. The highest BCUT2D eigenvalue weighted by Crippen LogP contribution is 2.41. The van der Waals surface area contributed by atoms with Gasteiger partial charge >= 0.3 is 6.09 Å². The molecule has 0 saturated carbocycles. The molecule has 14 heteroatoms. The maximum atomic E-state index is 13.0. The number of benzene rings is 1. The number of carbonyl (C=O) groups is 2. The number of nitrogens with zero attached hydrogens (tertiary/aromatic N) is 8. The van der Waals surface area contributed by atoms with E-state index in [1.54, 1.807) is 23.1 Å². The molecule has 2 atom stereocenters. The molecule has 6 rings (SSSR count). The van der Waals surface area contributed by atoms with E-state index in [4.69, 9.17) is 35.9 Å². The molecule has 13 nitrogen and oxygen atoms in total. The molecule has 0 aliphatic carbocycles. The minimum absolute atomic E-state index is 0.0795. The Morgan fingerprint density at radius 3 is 2.64 bits per heavy atom. The second-order valence-corrected chi connectivity index (χ2v) is 14.5. The van der Waals surface area contributed by atoms with Crippen LogP contribution in [0.4, 0.5) is 10.5 Å². The third-order valence-electron chi connectivity index (χ3n) is 8.74. The van der Waals surface area contributed by atoms with Gasteiger partial charge in [-0.05, 0) is 57.2 Å². The summed E-state index contributed by atoms with van der Waals surface area (Å²) >= 11 is 5.96. The summed E-state index contributed by atoms with van der Waals surface area (Å²) in [5, 5.41) is 16.6. The van der Waals surface area contributed by atoms with Gasteiger partial charge < -0.3 is 19.1 Å². The Bertz CT molecular complexity index is 1950. The van der Waals surface area contributed by atoms with Gasteiger partial charge in [0.1, 0.15) is 23.2 Å². The lowest BCUT2D eigenvalue weighted by Crippen LogP contribution is -2.47. The number of pyridine rings is 1. The number of nitriles is 1. The van der Waals surface area contributed by atoms with Gasteiger partial charge in [-0.15, -0.1) is 0 Å². The fraction of sp³-hybridized carbons (Fsp3) is 0.472. The summed E-state index contributed by atoms with van der Waals surface area (Å²) in [7, 11) is 1.65. The maximum absolute atomic E-state index is 13.0. The zero-order chi connectivity index (χ0) is 35.7. The highest BCUT2D eigenvalue weighted by Gasteiger charge is 2.37. The molecule has 1 aromatic carbocycles. The van der Waals surface area contributed by atoms with Crippen molar-refractivity contribution in [1.82, 2.24) is 29.6 Å². The number of anilines is 1. The van der Waals surface area contributed by atoms with E-state index in [1.165, 1.54) is 12.4 Å². The Morgan fingerprint density at radius 2 is 1.96 bits per heavy atom. The first-order valence-electron chi connectivity index (χ1n) is 16.7. The Hall–Kier alpha value is -4.80. The summed E-state index contributed by atoms with van der Waals surface area (Å²) in [6.45, 7) is 11.1. The second-order valence-electron chi connectivity index (χ2n) is 14.1. The van der Waals surface area contributed by atoms with Crippen LogP contribution < -0.4 is 9.64 Å². The van der Waals surface area contributed by atoms with Gasteiger partial charge in [0, 0.05) is 49.5 Å². The summed E-state index contributed by atoms with van der Waals surface area (Å²) in [6, 6.07) is 7.88. The third-order valence-corrected chi connectivity index (χ3v) is 8.93. The van der Waals surface area contributed by atoms with Crippen LogP contribution in [0.3, 0.4) is 0 Å². The lowest BCUT2D eigenvalue weighted by Gasteiger charge is -2.38. The average Bonchev–Trinajstić information content (AvgIpc) is 3.48. The first kappa shape index (κ1) is 35.0. The van der Waals surface area contributed by atoms with E-state index in [-0.39, 0.29) is 43.0 Å². The minimum Gasteiger partial charge on any atom is -0.482 e. The lowest BCUT2D eigenvalue weighted by atomic mass is 9.92. The predicted octanol–water partition coefficient (Wildman–Crippen LogP) is 5.98. The number of rotatable bonds is 8. The fourth-order valence-corrected chi connectivity index (χ4v) is 6.71. The molecule has 0 radical (unpaired) electrons. The summed E-state index contributed by atoms with van der Waals surface area (Å²) in [5.74, 6) is 0.867. The van der Waals surface area contributed by atoms with Crippen LogP contribution in [0.1, 0.15) is 64.2 Å². The van der Waals surface area contributed by atoms with Crippen LogP contribution in [-0.4, -0.2) is 80.6 Å². The molecular weight excluding hydrogens is 660 g/mol. The van der Waals surface area contributed by atoms with Gasteiger partial charge in [-0.3, -0.25) is 9.69 Å². The predicted molar refractivity (Wildman–Crippen MR) is 187 cm³/mol. The van der Waals surface area contributed by atoms with Crippen molar-refractivity contribution in [2.45, 2.75) is 65.6 Å². The van der Waals surface area contributed by atoms with Crippen LogP contribution in [0.5, 0.6) is 5.75 Å². The molecule has 2 amide bonds. The number of aromatic nitrogens is 5. The fourth-order valence-electron chi connectivity index (χ4n) is 6.61. The zero-order valence-electron chi connectivity index (χ0n) is 29.1. The van der Waals surface area contributed by atoms with Gasteiger partial charge in [0.15, 0.2) is 12.3 Å².